The number of ketones is 1. The SMILES string of the molecule is COc1ccccc1/C=C/C(=O)c1cnn(C)c1C. The van der Waals surface area contributed by atoms with Crippen molar-refractivity contribution in [2.45, 2.75) is 6.92 Å². The average Bonchev–Trinajstić information content (AvgIpc) is 2.77. The molecule has 19 heavy (non-hydrogen) atoms. The number of hydrogen-bond acceptors (Lipinski definition) is 3. The van der Waals surface area contributed by atoms with E-state index < -0.39 is 0 Å². The molecule has 4 heteroatoms. The molecule has 0 bridgehead atoms. The van der Waals surface area contributed by atoms with Crippen molar-refractivity contribution in [3.63, 3.8) is 0 Å². The van der Waals surface area contributed by atoms with Crippen LogP contribution >= 0.6 is 0 Å². The van der Waals surface area contributed by atoms with Crippen molar-refractivity contribution in [2.75, 3.05) is 7.11 Å². The molecule has 0 aliphatic rings. The maximum atomic E-state index is 12.1. The van der Waals surface area contributed by atoms with E-state index >= 15 is 0 Å². The molecule has 0 amide bonds. The Morgan fingerprint density at radius 1 is 1.37 bits per heavy atom. The maximum Gasteiger partial charge on any atom is 0.189 e. The van der Waals surface area contributed by atoms with E-state index in [2.05, 4.69) is 5.10 Å². The van der Waals surface area contributed by atoms with E-state index in [1.165, 1.54) is 0 Å². The van der Waals surface area contributed by atoms with E-state index in [-0.39, 0.29) is 5.78 Å². The molecule has 0 saturated heterocycles. The van der Waals surface area contributed by atoms with Crippen molar-refractivity contribution in [1.29, 1.82) is 0 Å². The highest BCUT2D eigenvalue weighted by Gasteiger charge is 2.09. The first-order chi connectivity index (χ1) is 9.13. The van der Waals surface area contributed by atoms with Gasteiger partial charge >= 0.3 is 0 Å². The van der Waals surface area contributed by atoms with Crippen molar-refractivity contribution in [3.8, 4) is 5.75 Å². The van der Waals surface area contributed by atoms with Gasteiger partial charge in [0.2, 0.25) is 0 Å². The summed E-state index contributed by atoms with van der Waals surface area (Å²) in [5.41, 5.74) is 2.35. The number of methoxy groups -OCH3 is 1. The van der Waals surface area contributed by atoms with Crippen molar-refractivity contribution < 1.29 is 9.53 Å². The zero-order valence-corrected chi connectivity index (χ0v) is 11.3. The topological polar surface area (TPSA) is 44.1 Å². The van der Waals surface area contributed by atoms with Crippen LogP contribution in [-0.2, 0) is 7.05 Å². The van der Waals surface area contributed by atoms with Gasteiger partial charge in [-0.15, -0.1) is 0 Å². The number of rotatable bonds is 4. The van der Waals surface area contributed by atoms with E-state index in [4.69, 9.17) is 4.74 Å². The van der Waals surface area contributed by atoms with E-state index in [1.807, 2.05) is 38.2 Å². The van der Waals surface area contributed by atoms with Crippen LogP contribution in [0.25, 0.3) is 6.08 Å². The van der Waals surface area contributed by atoms with Gasteiger partial charge < -0.3 is 4.74 Å². The Hall–Kier alpha value is -2.36. The molecule has 0 spiro atoms. The van der Waals surface area contributed by atoms with Crippen LogP contribution in [0.3, 0.4) is 0 Å². The van der Waals surface area contributed by atoms with E-state index in [0.29, 0.717) is 5.56 Å². The number of carbonyl (C=O) groups is 1. The summed E-state index contributed by atoms with van der Waals surface area (Å²) in [4.78, 5) is 12.1. The van der Waals surface area contributed by atoms with Crippen molar-refractivity contribution in [3.05, 3.63) is 53.4 Å². The number of hydrogen-bond donors (Lipinski definition) is 0. The molecule has 0 fully saturated rings. The lowest BCUT2D eigenvalue weighted by molar-refractivity contribution is 0.104. The fourth-order valence-electron chi connectivity index (χ4n) is 1.80. The summed E-state index contributed by atoms with van der Waals surface area (Å²) in [6, 6.07) is 7.56. The van der Waals surface area contributed by atoms with E-state index in [0.717, 1.165) is 17.0 Å². The van der Waals surface area contributed by atoms with Gasteiger partial charge in [-0.05, 0) is 25.1 Å². The van der Waals surface area contributed by atoms with Gasteiger partial charge in [-0.2, -0.15) is 5.10 Å². The van der Waals surface area contributed by atoms with Crippen molar-refractivity contribution >= 4 is 11.9 Å². The molecule has 0 unspecified atom stereocenters. The molecule has 1 aromatic heterocycles. The Labute approximate surface area is 112 Å². The van der Waals surface area contributed by atoms with Crippen LogP contribution in [-0.4, -0.2) is 22.7 Å². The first-order valence-corrected chi connectivity index (χ1v) is 5.97. The summed E-state index contributed by atoms with van der Waals surface area (Å²) in [6.07, 6.45) is 4.89. The van der Waals surface area contributed by atoms with Gasteiger partial charge in [-0.25, -0.2) is 0 Å². The molecule has 1 aromatic carbocycles. The van der Waals surface area contributed by atoms with Gasteiger partial charge in [0.05, 0.1) is 18.9 Å². The molecule has 0 saturated carbocycles. The zero-order valence-electron chi connectivity index (χ0n) is 11.3. The summed E-state index contributed by atoms with van der Waals surface area (Å²) in [7, 11) is 3.43. The van der Waals surface area contributed by atoms with Crippen LogP contribution in [0, 0.1) is 6.92 Å². The molecule has 0 atom stereocenters. The number of allylic oxidation sites excluding steroid dienone is 1. The summed E-state index contributed by atoms with van der Waals surface area (Å²) < 4.78 is 6.92. The lowest BCUT2D eigenvalue weighted by atomic mass is 10.1. The third kappa shape index (κ3) is 2.73. The molecular formula is C15H16N2O2. The molecule has 0 radical (unpaired) electrons. The van der Waals surface area contributed by atoms with Gasteiger partial charge in [0.25, 0.3) is 0 Å². The number of para-hydroxylation sites is 1. The number of benzene rings is 1. The number of nitrogens with zero attached hydrogens (tertiary/aromatic N) is 2. The van der Waals surface area contributed by atoms with E-state index in [1.54, 1.807) is 30.1 Å². The number of aryl methyl sites for hydroxylation is 1. The largest absolute Gasteiger partial charge is 0.496 e. The first kappa shape index (κ1) is 13.1. The quantitative estimate of drug-likeness (QED) is 0.624. The molecule has 0 N–H and O–H groups in total. The Morgan fingerprint density at radius 2 is 2.11 bits per heavy atom. The van der Waals surface area contributed by atoms with Crippen LogP contribution < -0.4 is 4.74 Å². The Morgan fingerprint density at radius 3 is 2.74 bits per heavy atom. The minimum absolute atomic E-state index is 0.0588. The molecule has 4 nitrogen and oxygen atoms in total. The molecule has 0 aliphatic heterocycles. The summed E-state index contributed by atoms with van der Waals surface area (Å²) in [5, 5.41) is 4.06. The fourth-order valence-corrected chi connectivity index (χ4v) is 1.80. The van der Waals surface area contributed by atoms with Gasteiger partial charge in [-0.1, -0.05) is 18.2 Å². The molecule has 1 heterocycles. The third-order valence-corrected chi connectivity index (χ3v) is 3.05. The molecular weight excluding hydrogens is 240 g/mol. The smallest absolute Gasteiger partial charge is 0.189 e. The van der Waals surface area contributed by atoms with Crippen LogP contribution in [0.5, 0.6) is 5.75 Å². The van der Waals surface area contributed by atoms with Crippen LogP contribution in [0.4, 0.5) is 0 Å². The molecule has 98 valence electrons. The number of carbonyl (C=O) groups excluding carboxylic acids is 1. The van der Waals surface area contributed by atoms with Crippen LogP contribution in [0.15, 0.2) is 36.5 Å². The van der Waals surface area contributed by atoms with Crippen molar-refractivity contribution in [2.24, 2.45) is 7.05 Å². The van der Waals surface area contributed by atoms with Gasteiger partial charge in [0, 0.05) is 18.3 Å². The molecule has 2 aromatic rings. The van der Waals surface area contributed by atoms with Gasteiger partial charge in [-0.3, -0.25) is 9.48 Å². The standard InChI is InChI=1S/C15H16N2O2/c1-11-13(10-16-17(11)2)14(18)9-8-12-6-4-5-7-15(12)19-3/h4-10H,1-3H3/b9-8+. The van der Waals surface area contributed by atoms with Crippen molar-refractivity contribution in [1.82, 2.24) is 9.78 Å². The first-order valence-electron chi connectivity index (χ1n) is 5.97. The number of ether oxygens (including phenoxy) is 1. The van der Waals surface area contributed by atoms with E-state index in [9.17, 15) is 4.79 Å². The maximum absolute atomic E-state index is 12.1. The zero-order chi connectivity index (χ0) is 13.8. The average molecular weight is 256 g/mol. The highest BCUT2D eigenvalue weighted by atomic mass is 16.5. The number of aromatic nitrogens is 2. The fraction of sp³-hybridized carbons (Fsp3) is 0.200. The minimum atomic E-state index is -0.0588. The third-order valence-electron chi connectivity index (χ3n) is 3.05. The highest BCUT2D eigenvalue weighted by Crippen LogP contribution is 2.19. The second kappa shape index (κ2) is 5.52. The normalized spacial score (nSPS) is 10.9. The summed E-state index contributed by atoms with van der Waals surface area (Å²) in [5.74, 6) is 0.686. The monoisotopic (exact) mass is 256 g/mol. The second-order valence-corrected chi connectivity index (χ2v) is 4.21. The van der Waals surface area contributed by atoms with Gasteiger partial charge in [0.15, 0.2) is 5.78 Å². The Balaban J connectivity index is 2.23. The van der Waals surface area contributed by atoms with Crippen LogP contribution in [0.1, 0.15) is 21.6 Å². The van der Waals surface area contributed by atoms with Gasteiger partial charge in [0.1, 0.15) is 5.75 Å². The Kier molecular flexibility index (Phi) is 3.80. The lowest BCUT2D eigenvalue weighted by Gasteiger charge is -2.03. The van der Waals surface area contributed by atoms with Crippen LogP contribution in [0.2, 0.25) is 0 Å². The minimum Gasteiger partial charge on any atom is -0.496 e. The molecule has 0 aliphatic carbocycles. The Bertz CT molecular complexity index is 627. The lowest BCUT2D eigenvalue weighted by Crippen LogP contribution is -1.98. The second-order valence-electron chi connectivity index (χ2n) is 4.21. The predicted molar refractivity (Wildman–Crippen MR) is 74.3 cm³/mol. The molecule has 2 rings (SSSR count). The summed E-state index contributed by atoms with van der Waals surface area (Å²) in [6.45, 7) is 1.87. The predicted octanol–water partition coefficient (Wildman–Crippen LogP) is 2.63. The summed E-state index contributed by atoms with van der Waals surface area (Å²) >= 11 is 0. The highest BCUT2D eigenvalue weighted by molar-refractivity contribution is 6.07.